The van der Waals surface area contributed by atoms with Gasteiger partial charge in [-0.25, -0.2) is 0 Å². The lowest BCUT2D eigenvalue weighted by Crippen LogP contribution is -2.51. The van der Waals surface area contributed by atoms with Crippen molar-refractivity contribution in [2.75, 3.05) is 12.3 Å². The highest BCUT2D eigenvalue weighted by molar-refractivity contribution is 8.00. The molecule has 0 unspecified atom stereocenters. The van der Waals surface area contributed by atoms with E-state index in [0.29, 0.717) is 24.5 Å². The third-order valence-electron chi connectivity index (χ3n) is 5.19. The summed E-state index contributed by atoms with van der Waals surface area (Å²) >= 11 is 7.43. The Morgan fingerprint density at radius 3 is 2.12 bits per heavy atom. The first-order valence-corrected chi connectivity index (χ1v) is 12.5. The predicted molar refractivity (Wildman–Crippen MR) is 136 cm³/mol. The summed E-state index contributed by atoms with van der Waals surface area (Å²) in [6, 6.07) is 26.5. The minimum absolute atomic E-state index is 0.0774. The molecule has 0 saturated carbocycles. The summed E-state index contributed by atoms with van der Waals surface area (Å²) in [5.41, 5.74) is 2.01. The van der Waals surface area contributed by atoms with Crippen LogP contribution >= 0.6 is 23.4 Å². The lowest BCUT2D eigenvalue weighted by Gasteiger charge is -2.31. The SMILES string of the molecule is CCCNC(=O)[C@H](Cc1ccccc1)N(Cc1ccccc1)C(=O)CSc1ccc(Cl)cc1. The number of carbonyl (C=O) groups excluding carboxylic acids is 2. The molecular formula is C27H29ClN2O2S. The topological polar surface area (TPSA) is 49.4 Å². The number of thioether (sulfide) groups is 1. The zero-order valence-electron chi connectivity index (χ0n) is 18.7. The van der Waals surface area contributed by atoms with Crippen LogP contribution in [0.3, 0.4) is 0 Å². The first kappa shape index (κ1) is 24.9. The largest absolute Gasteiger partial charge is 0.354 e. The van der Waals surface area contributed by atoms with Gasteiger partial charge in [0.05, 0.1) is 5.75 Å². The van der Waals surface area contributed by atoms with Crippen LogP contribution in [0.15, 0.2) is 89.8 Å². The van der Waals surface area contributed by atoms with Gasteiger partial charge in [0.2, 0.25) is 11.8 Å². The number of halogens is 1. The molecular weight excluding hydrogens is 452 g/mol. The molecule has 3 aromatic rings. The monoisotopic (exact) mass is 480 g/mol. The normalized spacial score (nSPS) is 11.6. The van der Waals surface area contributed by atoms with Crippen molar-refractivity contribution in [2.24, 2.45) is 0 Å². The average Bonchev–Trinajstić information content (AvgIpc) is 2.85. The van der Waals surface area contributed by atoms with E-state index in [9.17, 15) is 9.59 Å². The molecule has 2 amide bonds. The van der Waals surface area contributed by atoms with E-state index in [2.05, 4.69) is 5.32 Å². The third kappa shape index (κ3) is 7.95. The van der Waals surface area contributed by atoms with E-state index >= 15 is 0 Å². The molecule has 172 valence electrons. The van der Waals surface area contributed by atoms with Gasteiger partial charge in [0.25, 0.3) is 0 Å². The third-order valence-corrected chi connectivity index (χ3v) is 6.44. The van der Waals surface area contributed by atoms with Crippen LogP contribution in [0.5, 0.6) is 0 Å². The van der Waals surface area contributed by atoms with Crippen LogP contribution in [-0.4, -0.2) is 35.1 Å². The Balaban J connectivity index is 1.85. The van der Waals surface area contributed by atoms with Gasteiger partial charge in [0, 0.05) is 29.4 Å². The van der Waals surface area contributed by atoms with E-state index in [1.807, 2.05) is 91.9 Å². The van der Waals surface area contributed by atoms with Gasteiger partial charge in [-0.15, -0.1) is 11.8 Å². The molecule has 0 aliphatic carbocycles. The van der Waals surface area contributed by atoms with Crippen molar-refractivity contribution in [3.8, 4) is 0 Å². The van der Waals surface area contributed by atoms with E-state index in [-0.39, 0.29) is 17.6 Å². The Labute approximate surface area is 205 Å². The minimum atomic E-state index is -0.600. The number of benzene rings is 3. The summed E-state index contributed by atoms with van der Waals surface area (Å²) in [7, 11) is 0. The van der Waals surface area contributed by atoms with Crippen molar-refractivity contribution in [1.82, 2.24) is 10.2 Å². The molecule has 3 rings (SSSR count). The van der Waals surface area contributed by atoms with Crippen molar-refractivity contribution >= 4 is 35.2 Å². The second-order valence-electron chi connectivity index (χ2n) is 7.75. The number of hydrogen-bond acceptors (Lipinski definition) is 3. The Kier molecular flexibility index (Phi) is 9.85. The van der Waals surface area contributed by atoms with Gasteiger partial charge in [-0.2, -0.15) is 0 Å². The first-order chi connectivity index (χ1) is 16.1. The number of nitrogens with one attached hydrogen (secondary N) is 1. The maximum atomic E-state index is 13.5. The fourth-order valence-corrected chi connectivity index (χ4v) is 4.37. The van der Waals surface area contributed by atoms with Gasteiger partial charge in [0.1, 0.15) is 6.04 Å². The summed E-state index contributed by atoms with van der Waals surface area (Å²) in [4.78, 5) is 29.4. The summed E-state index contributed by atoms with van der Waals surface area (Å²) < 4.78 is 0. The molecule has 0 aliphatic heterocycles. The van der Waals surface area contributed by atoms with Crippen LogP contribution in [0.2, 0.25) is 5.02 Å². The summed E-state index contributed by atoms with van der Waals surface area (Å²) in [5, 5.41) is 3.66. The van der Waals surface area contributed by atoms with E-state index in [4.69, 9.17) is 11.6 Å². The van der Waals surface area contributed by atoms with Gasteiger partial charge in [0.15, 0.2) is 0 Å². The summed E-state index contributed by atoms with van der Waals surface area (Å²) in [6.07, 6.45) is 1.30. The smallest absolute Gasteiger partial charge is 0.243 e. The zero-order valence-corrected chi connectivity index (χ0v) is 20.3. The van der Waals surface area contributed by atoms with Crippen LogP contribution < -0.4 is 5.32 Å². The second-order valence-corrected chi connectivity index (χ2v) is 9.23. The van der Waals surface area contributed by atoms with Gasteiger partial charge in [-0.05, 0) is 41.8 Å². The highest BCUT2D eigenvalue weighted by Gasteiger charge is 2.30. The molecule has 1 N–H and O–H groups in total. The molecule has 0 aromatic heterocycles. The number of amides is 2. The molecule has 1 atom stereocenters. The maximum absolute atomic E-state index is 13.5. The van der Waals surface area contributed by atoms with E-state index in [0.717, 1.165) is 22.4 Å². The number of carbonyl (C=O) groups is 2. The van der Waals surface area contributed by atoms with Gasteiger partial charge in [-0.3, -0.25) is 9.59 Å². The van der Waals surface area contributed by atoms with Gasteiger partial charge < -0.3 is 10.2 Å². The Morgan fingerprint density at radius 2 is 1.52 bits per heavy atom. The van der Waals surface area contributed by atoms with Gasteiger partial charge in [-0.1, -0.05) is 79.2 Å². The molecule has 6 heteroatoms. The van der Waals surface area contributed by atoms with Crippen molar-refractivity contribution in [3.63, 3.8) is 0 Å². The summed E-state index contributed by atoms with van der Waals surface area (Å²) in [5.74, 6) is 0.0359. The molecule has 0 saturated heterocycles. The van der Waals surface area contributed by atoms with Crippen LogP contribution in [0, 0.1) is 0 Å². The highest BCUT2D eigenvalue weighted by Crippen LogP contribution is 2.22. The molecule has 0 fully saturated rings. The van der Waals surface area contributed by atoms with E-state index in [1.54, 1.807) is 4.90 Å². The van der Waals surface area contributed by atoms with E-state index < -0.39 is 6.04 Å². The van der Waals surface area contributed by atoms with E-state index in [1.165, 1.54) is 11.8 Å². The molecule has 0 radical (unpaired) electrons. The fourth-order valence-electron chi connectivity index (χ4n) is 3.46. The van der Waals surface area contributed by atoms with Crippen LogP contribution in [0.25, 0.3) is 0 Å². The van der Waals surface area contributed by atoms with Crippen molar-refractivity contribution in [1.29, 1.82) is 0 Å². The van der Waals surface area contributed by atoms with Crippen molar-refractivity contribution in [3.05, 3.63) is 101 Å². The molecule has 33 heavy (non-hydrogen) atoms. The lowest BCUT2D eigenvalue weighted by atomic mass is 10.0. The molecule has 3 aromatic carbocycles. The number of nitrogens with zero attached hydrogens (tertiary/aromatic N) is 1. The van der Waals surface area contributed by atoms with Crippen LogP contribution in [0.4, 0.5) is 0 Å². The zero-order chi connectivity index (χ0) is 23.5. The fraction of sp³-hybridized carbons (Fsp3) is 0.259. The summed E-state index contributed by atoms with van der Waals surface area (Å²) in [6.45, 7) is 2.97. The standard InChI is InChI=1S/C27H29ClN2O2S/c1-2-17-29-27(32)25(18-21-9-5-3-6-10-21)30(19-22-11-7-4-8-12-22)26(31)20-33-24-15-13-23(28)14-16-24/h3-16,25H,2,17-20H2,1H3,(H,29,32)/t25-/m0/s1. The van der Waals surface area contributed by atoms with Crippen LogP contribution in [0.1, 0.15) is 24.5 Å². The first-order valence-electron chi connectivity index (χ1n) is 11.1. The maximum Gasteiger partial charge on any atom is 0.243 e. The molecule has 0 aliphatic rings. The van der Waals surface area contributed by atoms with Crippen molar-refractivity contribution < 1.29 is 9.59 Å². The molecule has 0 spiro atoms. The molecule has 0 bridgehead atoms. The highest BCUT2D eigenvalue weighted by atomic mass is 35.5. The quantitative estimate of drug-likeness (QED) is 0.363. The number of hydrogen-bond donors (Lipinski definition) is 1. The average molecular weight is 481 g/mol. The second kappa shape index (κ2) is 13.1. The molecule has 4 nitrogen and oxygen atoms in total. The Bertz CT molecular complexity index is 1010. The predicted octanol–water partition coefficient (Wildman–Crippen LogP) is 5.60. The van der Waals surface area contributed by atoms with Crippen LogP contribution in [-0.2, 0) is 22.6 Å². The van der Waals surface area contributed by atoms with Crippen molar-refractivity contribution in [2.45, 2.75) is 37.2 Å². The van der Waals surface area contributed by atoms with Gasteiger partial charge >= 0.3 is 0 Å². The Morgan fingerprint density at radius 1 is 0.909 bits per heavy atom. The molecule has 0 heterocycles. The number of rotatable bonds is 11. The lowest BCUT2D eigenvalue weighted by molar-refractivity contribution is -0.139. The minimum Gasteiger partial charge on any atom is -0.354 e. The Hall–Kier alpha value is -2.76.